The molecule has 2 rings (SSSR count). The summed E-state index contributed by atoms with van der Waals surface area (Å²) in [6.07, 6.45) is 1.55. The number of aromatic hydroxyl groups is 1. The summed E-state index contributed by atoms with van der Waals surface area (Å²) in [7, 11) is 1.45. The number of carbonyl (C=O) groups is 1. The van der Waals surface area contributed by atoms with Crippen molar-refractivity contribution in [2.24, 2.45) is 0 Å². The number of carboxylic acids is 1. The number of phenolic OH excluding ortho intramolecular Hbond substituents is 1. The summed E-state index contributed by atoms with van der Waals surface area (Å²) in [4.78, 5) is 11.5. The number of rotatable bonds is 4. The van der Waals surface area contributed by atoms with Gasteiger partial charge in [0.25, 0.3) is 0 Å². The third-order valence-corrected chi connectivity index (χ3v) is 3.11. The Bertz CT molecular complexity index is 684. The molecule has 108 valence electrons. The summed E-state index contributed by atoms with van der Waals surface area (Å²) >= 11 is 0. The third kappa shape index (κ3) is 3.42. The standard InChI is InChI=1S/C17H16O4/c1-11-3-6-13(7-4-11)14(17(19)20)9-12-5-8-15(18)16(10-12)21-2/h3-10,18H,1-2H3,(H,19,20)/b14-9-. The van der Waals surface area contributed by atoms with E-state index in [1.54, 1.807) is 30.3 Å². The second-order valence-electron chi connectivity index (χ2n) is 4.66. The summed E-state index contributed by atoms with van der Waals surface area (Å²) in [6.45, 7) is 1.94. The molecule has 0 aliphatic rings. The predicted octanol–water partition coefficient (Wildman–Crippen LogP) is 3.33. The molecular weight excluding hydrogens is 268 g/mol. The van der Waals surface area contributed by atoms with E-state index in [1.165, 1.54) is 13.2 Å². The van der Waals surface area contributed by atoms with Gasteiger partial charge in [0.2, 0.25) is 0 Å². The number of phenols is 1. The second kappa shape index (κ2) is 6.13. The number of methoxy groups -OCH3 is 1. The zero-order chi connectivity index (χ0) is 15.4. The maximum absolute atomic E-state index is 11.5. The van der Waals surface area contributed by atoms with Crippen LogP contribution in [0.3, 0.4) is 0 Å². The molecular formula is C17H16O4. The van der Waals surface area contributed by atoms with Gasteiger partial charge < -0.3 is 14.9 Å². The first kappa shape index (κ1) is 14.7. The minimum atomic E-state index is -1.01. The Morgan fingerprint density at radius 1 is 1.14 bits per heavy atom. The number of hydrogen-bond donors (Lipinski definition) is 2. The van der Waals surface area contributed by atoms with E-state index in [0.29, 0.717) is 16.9 Å². The van der Waals surface area contributed by atoms with Crippen LogP contribution >= 0.6 is 0 Å². The SMILES string of the molecule is COc1cc(/C=C(\C(=O)O)c2ccc(C)cc2)ccc1O. The van der Waals surface area contributed by atoms with E-state index in [9.17, 15) is 15.0 Å². The Hall–Kier alpha value is -2.75. The summed E-state index contributed by atoms with van der Waals surface area (Å²) < 4.78 is 5.02. The van der Waals surface area contributed by atoms with Gasteiger partial charge in [-0.1, -0.05) is 35.9 Å². The van der Waals surface area contributed by atoms with Crippen LogP contribution in [0.15, 0.2) is 42.5 Å². The van der Waals surface area contributed by atoms with Crippen molar-refractivity contribution >= 4 is 17.6 Å². The minimum absolute atomic E-state index is 0.0156. The number of carboxylic acid groups (broad SMARTS) is 1. The lowest BCUT2D eigenvalue weighted by atomic mass is 10.0. The van der Waals surface area contributed by atoms with Crippen molar-refractivity contribution < 1.29 is 19.7 Å². The average molecular weight is 284 g/mol. The van der Waals surface area contributed by atoms with Crippen LogP contribution in [0.4, 0.5) is 0 Å². The van der Waals surface area contributed by atoms with Crippen LogP contribution in [0.5, 0.6) is 11.5 Å². The van der Waals surface area contributed by atoms with E-state index < -0.39 is 5.97 Å². The third-order valence-electron chi connectivity index (χ3n) is 3.11. The lowest BCUT2D eigenvalue weighted by molar-refractivity contribution is -0.130. The van der Waals surface area contributed by atoms with Crippen molar-refractivity contribution in [3.05, 3.63) is 59.2 Å². The zero-order valence-electron chi connectivity index (χ0n) is 11.8. The molecule has 2 aromatic rings. The maximum Gasteiger partial charge on any atom is 0.336 e. The molecule has 0 atom stereocenters. The first-order valence-electron chi connectivity index (χ1n) is 6.40. The molecule has 0 bridgehead atoms. The summed E-state index contributed by atoms with van der Waals surface area (Å²) in [6, 6.07) is 12.0. The van der Waals surface area contributed by atoms with Crippen LogP contribution in [0, 0.1) is 6.92 Å². The summed E-state index contributed by atoms with van der Waals surface area (Å²) in [5, 5.41) is 19.0. The highest BCUT2D eigenvalue weighted by atomic mass is 16.5. The average Bonchev–Trinajstić information content (AvgIpc) is 2.47. The maximum atomic E-state index is 11.5. The minimum Gasteiger partial charge on any atom is -0.504 e. The summed E-state index contributed by atoms with van der Waals surface area (Å²) in [5.74, 6) is -0.690. The van der Waals surface area contributed by atoms with Crippen molar-refractivity contribution in [3.8, 4) is 11.5 Å². The monoisotopic (exact) mass is 284 g/mol. The molecule has 4 heteroatoms. The molecule has 0 fully saturated rings. The molecule has 4 nitrogen and oxygen atoms in total. The van der Waals surface area contributed by atoms with E-state index in [1.807, 2.05) is 19.1 Å². The van der Waals surface area contributed by atoms with Gasteiger partial charge in [-0.05, 0) is 36.3 Å². The van der Waals surface area contributed by atoms with Crippen molar-refractivity contribution in [1.29, 1.82) is 0 Å². The van der Waals surface area contributed by atoms with Gasteiger partial charge in [-0.15, -0.1) is 0 Å². The highest BCUT2D eigenvalue weighted by molar-refractivity contribution is 6.20. The van der Waals surface area contributed by atoms with Gasteiger partial charge in [-0.2, -0.15) is 0 Å². The largest absolute Gasteiger partial charge is 0.504 e. The summed E-state index contributed by atoms with van der Waals surface area (Å²) in [5.41, 5.74) is 2.51. The van der Waals surface area contributed by atoms with Crippen molar-refractivity contribution in [3.63, 3.8) is 0 Å². The Labute approximate surface area is 122 Å². The van der Waals surface area contributed by atoms with Crippen LogP contribution in [-0.2, 0) is 4.79 Å². The van der Waals surface area contributed by atoms with Crippen LogP contribution in [0.1, 0.15) is 16.7 Å². The molecule has 0 aliphatic heterocycles. The normalized spacial score (nSPS) is 11.2. The van der Waals surface area contributed by atoms with Gasteiger partial charge in [-0.3, -0.25) is 0 Å². The Balaban J connectivity index is 2.47. The number of benzene rings is 2. The van der Waals surface area contributed by atoms with Gasteiger partial charge >= 0.3 is 5.97 Å². The van der Waals surface area contributed by atoms with Crippen LogP contribution in [0.25, 0.3) is 11.6 Å². The molecule has 0 saturated carbocycles. The van der Waals surface area contributed by atoms with E-state index in [0.717, 1.165) is 5.56 Å². The first-order chi connectivity index (χ1) is 10.0. The molecule has 2 N–H and O–H groups in total. The fourth-order valence-corrected chi connectivity index (χ4v) is 1.95. The van der Waals surface area contributed by atoms with E-state index in [4.69, 9.17) is 4.74 Å². The van der Waals surface area contributed by atoms with Crippen LogP contribution in [0.2, 0.25) is 0 Å². The van der Waals surface area contributed by atoms with Gasteiger partial charge in [0.05, 0.1) is 12.7 Å². The molecule has 0 radical (unpaired) electrons. The molecule has 0 spiro atoms. The highest BCUT2D eigenvalue weighted by Gasteiger charge is 2.11. The molecule has 0 unspecified atom stereocenters. The van der Waals surface area contributed by atoms with Crippen LogP contribution in [-0.4, -0.2) is 23.3 Å². The molecule has 0 aromatic heterocycles. The number of ether oxygens (including phenoxy) is 1. The van der Waals surface area contributed by atoms with Gasteiger partial charge in [0, 0.05) is 0 Å². The fraction of sp³-hybridized carbons (Fsp3) is 0.118. The fourth-order valence-electron chi connectivity index (χ4n) is 1.95. The predicted molar refractivity (Wildman–Crippen MR) is 81.3 cm³/mol. The molecule has 21 heavy (non-hydrogen) atoms. The van der Waals surface area contributed by atoms with Gasteiger partial charge in [0.1, 0.15) is 0 Å². The van der Waals surface area contributed by atoms with E-state index in [2.05, 4.69) is 0 Å². The smallest absolute Gasteiger partial charge is 0.336 e. The number of hydrogen-bond acceptors (Lipinski definition) is 3. The van der Waals surface area contributed by atoms with Gasteiger partial charge in [-0.25, -0.2) is 4.79 Å². The highest BCUT2D eigenvalue weighted by Crippen LogP contribution is 2.28. The van der Waals surface area contributed by atoms with Crippen molar-refractivity contribution in [2.45, 2.75) is 6.92 Å². The van der Waals surface area contributed by atoms with Crippen LogP contribution < -0.4 is 4.74 Å². The number of aryl methyl sites for hydroxylation is 1. The zero-order valence-corrected chi connectivity index (χ0v) is 11.8. The first-order valence-corrected chi connectivity index (χ1v) is 6.40. The molecule has 2 aromatic carbocycles. The lowest BCUT2D eigenvalue weighted by Crippen LogP contribution is -1.99. The van der Waals surface area contributed by atoms with E-state index in [-0.39, 0.29) is 11.3 Å². The quantitative estimate of drug-likeness (QED) is 0.667. The Kier molecular flexibility index (Phi) is 4.28. The number of aliphatic carboxylic acids is 1. The van der Waals surface area contributed by atoms with Crippen molar-refractivity contribution in [2.75, 3.05) is 7.11 Å². The van der Waals surface area contributed by atoms with E-state index >= 15 is 0 Å². The lowest BCUT2D eigenvalue weighted by Gasteiger charge is -2.06. The topological polar surface area (TPSA) is 66.8 Å². The second-order valence-corrected chi connectivity index (χ2v) is 4.66. The Morgan fingerprint density at radius 3 is 2.38 bits per heavy atom. The van der Waals surface area contributed by atoms with Crippen molar-refractivity contribution in [1.82, 2.24) is 0 Å². The molecule has 0 heterocycles. The van der Waals surface area contributed by atoms with Gasteiger partial charge in [0.15, 0.2) is 11.5 Å². The molecule has 0 saturated heterocycles. The Morgan fingerprint density at radius 2 is 1.81 bits per heavy atom. The molecule has 0 aliphatic carbocycles. The molecule has 0 amide bonds.